The summed E-state index contributed by atoms with van der Waals surface area (Å²) in [5.74, 6) is 0.0110. The molecule has 5 heteroatoms. The number of benzene rings is 1. The zero-order chi connectivity index (χ0) is 12.9. The Labute approximate surface area is 109 Å². The van der Waals surface area contributed by atoms with Crippen molar-refractivity contribution in [1.82, 2.24) is 14.1 Å². The van der Waals surface area contributed by atoms with Crippen LogP contribution in [0, 0.1) is 0 Å². The second kappa shape index (κ2) is 3.88. The Hall–Kier alpha value is -1.75. The molecule has 92 valence electrons. The van der Waals surface area contributed by atoms with Crippen LogP contribution < -0.4 is 0 Å². The van der Waals surface area contributed by atoms with E-state index in [1.54, 1.807) is 23.3 Å². The largest absolute Gasteiger partial charge is 0.308 e. The zero-order valence-electron chi connectivity index (χ0n) is 10.5. The van der Waals surface area contributed by atoms with Crippen molar-refractivity contribution in [2.75, 3.05) is 6.26 Å². The molecular weight excluding hydrogens is 246 g/mol. The molecule has 0 bridgehead atoms. The number of carbonyl (C=O) groups excluding carboxylic acids is 1. The van der Waals surface area contributed by atoms with Crippen molar-refractivity contribution in [2.24, 2.45) is 7.05 Å². The molecule has 0 amide bonds. The first-order valence-electron chi connectivity index (χ1n) is 5.66. The molecular formula is C13H13N3OS. The number of fused-ring (bicyclic) bond motifs is 3. The average molecular weight is 259 g/mol. The van der Waals surface area contributed by atoms with Gasteiger partial charge in [-0.3, -0.25) is 9.36 Å². The lowest BCUT2D eigenvalue weighted by Crippen LogP contribution is -2.08. The maximum atomic E-state index is 11.9. The van der Waals surface area contributed by atoms with E-state index in [1.165, 1.54) is 0 Å². The van der Waals surface area contributed by atoms with E-state index in [1.807, 2.05) is 42.1 Å². The van der Waals surface area contributed by atoms with E-state index < -0.39 is 0 Å². The van der Waals surface area contributed by atoms with Crippen molar-refractivity contribution in [2.45, 2.75) is 12.1 Å². The van der Waals surface area contributed by atoms with Crippen molar-refractivity contribution >= 4 is 39.7 Å². The van der Waals surface area contributed by atoms with E-state index in [9.17, 15) is 4.79 Å². The van der Waals surface area contributed by atoms with E-state index in [0.717, 1.165) is 27.2 Å². The molecule has 0 aliphatic rings. The van der Waals surface area contributed by atoms with Crippen LogP contribution >= 0.6 is 11.8 Å². The molecule has 0 aliphatic carbocycles. The van der Waals surface area contributed by atoms with Gasteiger partial charge in [0.1, 0.15) is 11.2 Å². The Morgan fingerprint density at radius 3 is 2.72 bits per heavy atom. The second-order valence-corrected chi connectivity index (χ2v) is 4.97. The molecule has 2 aromatic heterocycles. The van der Waals surface area contributed by atoms with Gasteiger partial charge in [-0.25, -0.2) is 4.98 Å². The predicted molar refractivity (Wildman–Crippen MR) is 74.3 cm³/mol. The number of aromatic nitrogens is 3. The third-order valence-corrected chi connectivity index (χ3v) is 3.86. The highest BCUT2D eigenvalue weighted by Crippen LogP contribution is 2.30. The van der Waals surface area contributed by atoms with Crippen LogP contribution in [0.25, 0.3) is 22.1 Å². The molecule has 0 spiro atoms. The molecule has 0 fully saturated rings. The molecule has 0 radical (unpaired) electrons. The number of para-hydroxylation sites is 1. The van der Waals surface area contributed by atoms with Crippen LogP contribution in [-0.4, -0.2) is 26.3 Å². The van der Waals surface area contributed by atoms with Crippen LogP contribution in [0.1, 0.15) is 11.7 Å². The number of rotatable bonds is 1. The maximum absolute atomic E-state index is 11.9. The minimum Gasteiger partial charge on any atom is -0.308 e. The van der Waals surface area contributed by atoms with Crippen LogP contribution in [0.2, 0.25) is 0 Å². The number of hydrogen-bond acceptors (Lipinski definition) is 3. The molecule has 0 N–H and O–H groups in total. The Morgan fingerprint density at radius 2 is 2.06 bits per heavy atom. The van der Waals surface area contributed by atoms with Crippen molar-refractivity contribution in [3.8, 4) is 0 Å². The van der Waals surface area contributed by atoms with Crippen LogP contribution in [0.3, 0.4) is 0 Å². The lowest BCUT2D eigenvalue weighted by Gasteiger charge is -2.04. The average Bonchev–Trinajstić information content (AvgIpc) is 2.85. The summed E-state index contributed by atoms with van der Waals surface area (Å²) < 4.78 is 3.71. The first kappa shape index (κ1) is 11.3. The van der Waals surface area contributed by atoms with Gasteiger partial charge in [0.2, 0.25) is 5.91 Å². The van der Waals surface area contributed by atoms with Crippen LogP contribution in [0.5, 0.6) is 0 Å². The van der Waals surface area contributed by atoms with E-state index in [0.29, 0.717) is 0 Å². The summed E-state index contributed by atoms with van der Waals surface area (Å²) in [6, 6.07) is 7.88. The summed E-state index contributed by atoms with van der Waals surface area (Å²) in [6.07, 6.45) is 1.99. The summed E-state index contributed by atoms with van der Waals surface area (Å²) in [6.45, 7) is 1.58. The van der Waals surface area contributed by atoms with Crippen molar-refractivity contribution < 1.29 is 4.79 Å². The summed E-state index contributed by atoms with van der Waals surface area (Å²) in [5, 5.41) is 1.94. The van der Waals surface area contributed by atoms with Crippen LogP contribution in [0.15, 0.2) is 29.4 Å². The van der Waals surface area contributed by atoms with Crippen molar-refractivity contribution in [3.63, 3.8) is 0 Å². The lowest BCUT2D eigenvalue weighted by atomic mass is 10.2. The molecule has 3 rings (SSSR count). The number of aryl methyl sites for hydroxylation is 1. The summed E-state index contributed by atoms with van der Waals surface area (Å²) >= 11 is 1.58. The zero-order valence-corrected chi connectivity index (χ0v) is 11.3. The highest BCUT2D eigenvalue weighted by Gasteiger charge is 2.19. The summed E-state index contributed by atoms with van der Waals surface area (Å²) in [4.78, 5) is 16.5. The van der Waals surface area contributed by atoms with E-state index in [-0.39, 0.29) is 5.91 Å². The third-order valence-electron chi connectivity index (χ3n) is 3.13. The minimum atomic E-state index is 0.0110. The van der Waals surface area contributed by atoms with Gasteiger partial charge in [-0.15, -0.1) is 0 Å². The van der Waals surface area contributed by atoms with Gasteiger partial charge in [0.05, 0.1) is 5.52 Å². The molecule has 2 heterocycles. The number of carbonyl (C=O) groups is 1. The monoisotopic (exact) mass is 259 g/mol. The van der Waals surface area contributed by atoms with Crippen LogP contribution in [-0.2, 0) is 7.05 Å². The maximum Gasteiger partial charge on any atom is 0.229 e. The first-order valence-corrected chi connectivity index (χ1v) is 6.88. The molecule has 3 aromatic rings. The SMILES string of the molecule is CSc1nc2c3ccccc3n(C(C)=O)c2n1C. The van der Waals surface area contributed by atoms with Crippen molar-refractivity contribution in [3.05, 3.63) is 24.3 Å². The summed E-state index contributed by atoms with van der Waals surface area (Å²) in [5.41, 5.74) is 2.69. The Morgan fingerprint density at radius 1 is 1.33 bits per heavy atom. The fourth-order valence-electron chi connectivity index (χ4n) is 2.39. The molecule has 0 unspecified atom stereocenters. The van der Waals surface area contributed by atoms with Gasteiger partial charge in [0.15, 0.2) is 5.16 Å². The smallest absolute Gasteiger partial charge is 0.229 e. The Balaban J connectivity index is 2.58. The van der Waals surface area contributed by atoms with Crippen LogP contribution in [0.4, 0.5) is 0 Å². The number of hydrogen-bond donors (Lipinski definition) is 0. The Kier molecular flexibility index (Phi) is 2.45. The van der Waals surface area contributed by atoms with Gasteiger partial charge in [0.25, 0.3) is 0 Å². The summed E-state index contributed by atoms with van der Waals surface area (Å²) in [7, 11) is 1.94. The normalized spacial score (nSPS) is 11.5. The van der Waals surface area contributed by atoms with Gasteiger partial charge in [-0.05, 0) is 12.3 Å². The first-order chi connectivity index (χ1) is 8.65. The standard InChI is InChI=1S/C13H13N3OS/c1-8(17)16-10-7-5-4-6-9(10)11-12(16)15(2)13(14-11)18-3/h4-7H,1-3H3. The lowest BCUT2D eigenvalue weighted by molar-refractivity contribution is 0.0945. The quantitative estimate of drug-likeness (QED) is 0.631. The molecule has 0 saturated carbocycles. The van der Waals surface area contributed by atoms with E-state index in [2.05, 4.69) is 4.98 Å². The van der Waals surface area contributed by atoms with Gasteiger partial charge < -0.3 is 4.57 Å². The molecule has 4 nitrogen and oxygen atoms in total. The highest BCUT2D eigenvalue weighted by molar-refractivity contribution is 7.98. The van der Waals surface area contributed by atoms with Gasteiger partial charge in [-0.1, -0.05) is 30.0 Å². The number of imidazole rings is 1. The van der Waals surface area contributed by atoms with Gasteiger partial charge in [-0.2, -0.15) is 0 Å². The van der Waals surface area contributed by atoms with E-state index in [4.69, 9.17) is 0 Å². The topological polar surface area (TPSA) is 39.8 Å². The second-order valence-electron chi connectivity index (χ2n) is 4.20. The molecule has 0 aliphatic heterocycles. The van der Waals surface area contributed by atoms with E-state index >= 15 is 0 Å². The van der Waals surface area contributed by atoms with Gasteiger partial charge in [0, 0.05) is 19.4 Å². The fraction of sp³-hybridized carbons (Fsp3) is 0.231. The highest BCUT2D eigenvalue weighted by atomic mass is 32.2. The number of nitrogens with zero attached hydrogens (tertiary/aromatic N) is 3. The third kappa shape index (κ3) is 1.34. The molecule has 0 saturated heterocycles. The fourth-order valence-corrected chi connectivity index (χ4v) is 2.93. The van der Waals surface area contributed by atoms with Gasteiger partial charge >= 0.3 is 0 Å². The minimum absolute atomic E-state index is 0.0110. The number of thioether (sulfide) groups is 1. The predicted octanol–water partition coefficient (Wildman–Crippen LogP) is 2.91. The molecule has 1 aromatic carbocycles. The Bertz CT molecular complexity index is 769. The van der Waals surface area contributed by atoms with Crippen molar-refractivity contribution in [1.29, 1.82) is 0 Å². The molecule has 0 atom stereocenters. The molecule has 18 heavy (non-hydrogen) atoms.